The van der Waals surface area contributed by atoms with Gasteiger partial charge in [0.1, 0.15) is 0 Å². The summed E-state index contributed by atoms with van der Waals surface area (Å²) < 4.78 is 17.1. The van der Waals surface area contributed by atoms with Crippen molar-refractivity contribution in [2.75, 3.05) is 0 Å². The van der Waals surface area contributed by atoms with Gasteiger partial charge in [-0.15, -0.1) is 0 Å². The quantitative estimate of drug-likeness (QED) is 0.277. The van der Waals surface area contributed by atoms with Crippen LogP contribution in [-0.2, 0) is 9.13 Å². The van der Waals surface area contributed by atoms with Crippen molar-refractivity contribution in [3.63, 3.8) is 0 Å². The molecule has 0 aromatic carbocycles. The van der Waals surface area contributed by atoms with Crippen LogP contribution in [0.15, 0.2) is 0 Å². The molecule has 0 atom stereocenters. The summed E-state index contributed by atoms with van der Waals surface area (Å²) in [5.41, 5.74) is 0. The Bertz CT molecular complexity index is 138. The van der Waals surface area contributed by atoms with Gasteiger partial charge in [0.25, 0.3) is 0 Å². The molecule has 96 valence electrons. The number of hydrogen-bond acceptors (Lipinski definition) is 8. The second-order valence-electron chi connectivity index (χ2n) is 0.894. The van der Waals surface area contributed by atoms with Gasteiger partial charge in [-0.05, 0) is 0 Å². The smallest absolute Gasteiger partial charge is 0.822 e. The molecular formula is H8Na6O12P2. The van der Waals surface area contributed by atoms with Crippen molar-refractivity contribution in [1.29, 1.82) is 0 Å². The minimum atomic E-state index is -5.39. The average molecular weight is 400 g/mol. The van der Waals surface area contributed by atoms with E-state index in [1.807, 2.05) is 0 Å². The van der Waals surface area contributed by atoms with E-state index in [9.17, 15) is 0 Å². The summed E-state index contributed by atoms with van der Waals surface area (Å²) in [6.07, 6.45) is 0. The summed E-state index contributed by atoms with van der Waals surface area (Å²) in [6.45, 7) is 0. The van der Waals surface area contributed by atoms with E-state index in [0.29, 0.717) is 0 Å². The van der Waals surface area contributed by atoms with Crippen molar-refractivity contribution in [1.82, 2.24) is 0 Å². The van der Waals surface area contributed by atoms with Crippen LogP contribution in [0.5, 0.6) is 0 Å². The Morgan fingerprint density at radius 2 is 0.400 bits per heavy atom. The molecule has 8 N–H and O–H groups in total. The van der Waals surface area contributed by atoms with Gasteiger partial charge >= 0.3 is 177 Å². The third-order valence-electron chi connectivity index (χ3n) is 0. The van der Waals surface area contributed by atoms with Crippen LogP contribution in [0.1, 0.15) is 0 Å². The molecule has 0 spiro atoms. The largest absolute Gasteiger partial charge is 1.00 e. The van der Waals surface area contributed by atoms with E-state index in [0.717, 1.165) is 0 Å². The van der Waals surface area contributed by atoms with Crippen LogP contribution in [0.3, 0.4) is 0 Å². The summed E-state index contributed by atoms with van der Waals surface area (Å²) in [4.78, 5) is 51.3. The Balaban J connectivity index is -0.00000000427. The summed E-state index contributed by atoms with van der Waals surface area (Å²) in [7, 11) is -10.8. The zero-order valence-corrected chi connectivity index (χ0v) is 25.9. The first-order valence-corrected chi connectivity index (χ1v) is 4.38. The predicted molar refractivity (Wildman–Crippen MR) is 29.7 cm³/mol. The van der Waals surface area contributed by atoms with E-state index < -0.39 is 15.6 Å². The first-order chi connectivity index (χ1) is 4.00. The van der Waals surface area contributed by atoms with Gasteiger partial charge < -0.3 is 60.4 Å². The molecular weight excluding hydrogens is 392 g/mol. The molecule has 20 heteroatoms. The molecule has 0 bridgehead atoms. The second kappa shape index (κ2) is 44.5. The van der Waals surface area contributed by atoms with Gasteiger partial charge in [-0.3, -0.25) is 0 Å². The van der Waals surface area contributed by atoms with Gasteiger partial charge in [0.05, 0.1) is 0 Å². The molecule has 0 unspecified atom stereocenters. The van der Waals surface area contributed by atoms with Gasteiger partial charge in [0.15, 0.2) is 0 Å². The van der Waals surface area contributed by atoms with Crippen LogP contribution in [0.25, 0.3) is 0 Å². The fourth-order valence-electron chi connectivity index (χ4n) is 0. The van der Waals surface area contributed by atoms with Crippen molar-refractivity contribution >= 4 is 15.6 Å². The van der Waals surface area contributed by atoms with E-state index >= 15 is 0 Å². The Labute approximate surface area is 248 Å². The number of hydrogen-bond donors (Lipinski definition) is 0. The molecule has 0 fully saturated rings. The van der Waals surface area contributed by atoms with Crippen molar-refractivity contribution in [3.8, 4) is 0 Å². The second-order valence-corrected chi connectivity index (χ2v) is 2.68. The van der Waals surface area contributed by atoms with Gasteiger partial charge in [-0.2, -0.15) is 15.6 Å². The molecule has 0 aliphatic carbocycles. The van der Waals surface area contributed by atoms with E-state index in [1.54, 1.807) is 0 Å². The molecule has 0 saturated heterocycles. The molecule has 0 saturated carbocycles. The first-order valence-electron chi connectivity index (χ1n) is 1.46. The fourth-order valence-corrected chi connectivity index (χ4v) is 0. The van der Waals surface area contributed by atoms with Crippen molar-refractivity contribution in [3.05, 3.63) is 0 Å². The first kappa shape index (κ1) is 82.8. The maximum Gasteiger partial charge on any atom is 1.00 e. The minimum absolute atomic E-state index is 0. The Hall–Kier alpha value is 6.06. The fraction of sp³-hybridized carbons (Fsp3) is 0. The SMILES string of the molecule is O.O.O.O.O=P([O-])([O-])[O-].O=P([O-])([O-])[O-].[Na+].[Na+].[Na+].[Na+].[Na+].[Na+]. The zero-order valence-electron chi connectivity index (χ0n) is 12.2. The molecule has 0 aromatic heterocycles. The molecule has 0 aliphatic heterocycles. The monoisotopic (exact) mass is 400 g/mol. The molecule has 12 nitrogen and oxygen atoms in total. The Morgan fingerprint density at radius 3 is 0.400 bits per heavy atom. The molecule has 0 rings (SSSR count). The molecule has 0 aromatic rings. The van der Waals surface area contributed by atoms with E-state index in [2.05, 4.69) is 0 Å². The van der Waals surface area contributed by atoms with Crippen LogP contribution in [0.2, 0.25) is 0 Å². The Kier molecular flexibility index (Phi) is 184. The average Bonchev–Trinajstić information content (AvgIpc) is 1.12. The summed E-state index contributed by atoms with van der Waals surface area (Å²) in [5.74, 6) is 0. The van der Waals surface area contributed by atoms with Crippen LogP contribution >= 0.6 is 15.6 Å². The molecule has 0 heterocycles. The third-order valence-corrected chi connectivity index (χ3v) is 0. The van der Waals surface area contributed by atoms with Crippen molar-refractivity contribution in [2.24, 2.45) is 0 Å². The normalized spacial score (nSPS) is 5.90. The Morgan fingerprint density at radius 1 is 0.400 bits per heavy atom. The summed E-state index contributed by atoms with van der Waals surface area (Å²) >= 11 is 0. The molecule has 0 aliphatic rings. The van der Waals surface area contributed by atoms with Crippen LogP contribution in [-0.4, -0.2) is 21.9 Å². The van der Waals surface area contributed by atoms with Gasteiger partial charge in [-0.1, -0.05) is 0 Å². The van der Waals surface area contributed by atoms with Crippen LogP contribution in [0.4, 0.5) is 0 Å². The van der Waals surface area contributed by atoms with Crippen molar-refractivity contribution < 1.29 is 238 Å². The maximum atomic E-state index is 8.55. The topological polar surface area (TPSA) is 298 Å². The van der Waals surface area contributed by atoms with Crippen LogP contribution < -0.4 is 207 Å². The van der Waals surface area contributed by atoms with E-state index in [4.69, 9.17) is 38.5 Å². The maximum absolute atomic E-state index is 8.55. The minimum Gasteiger partial charge on any atom is -0.822 e. The van der Waals surface area contributed by atoms with E-state index in [1.165, 1.54) is 0 Å². The predicted octanol–water partition coefficient (Wildman–Crippen LogP) is -26.9. The van der Waals surface area contributed by atoms with Gasteiger partial charge in [-0.25, -0.2) is 0 Å². The summed E-state index contributed by atoms with van der Waals surface area (Å²) in [5, 5.41) is 0. The standard InChI is InChI=1S/6Na.2H3O4P.4H2O/c;;;;;;2*1-5(2,3)4;;;;/h;;;;;;2*(H3,1,2,3,4);4*1H2/q6*+1;;;;;;/p-6. The van der Waals surface area contributed by atoms with Gasteiger partial charge in [0.2, 0.25) is 0 Å². The van der Waals surface area contributed by atoms with E-state index in [-0.39, 0.29) is 199 Å². The molecule has 20 heavy (non-hydrogen) atoms. The number of rotatable bonds is 0. The zero-order chi connectivity index (χ0) is 9.00. The van der Waals surface area contributed by atoms with Crippen LogP contribution in [0, 0.1) is 0 Å². The van der Waals surface area contributed by atoms with Crippen molar-refractivity contribution in [2.45, 2.75) is 0 Å². The van der Waals surface area contributed by atoms with Gasteiger partial charge in [0, 0.05) is 0 Å². The molecule has 0 radical (unpaired) electrons. The number of phosphoric acid groups is 2. The molecule has 0 amide bonds. The summed E-state index contributed by atoms with van der Waals surface area (Å²) in [6, 6.07) is 0. The third kappa shape index (κ3) is 348.